The molecule has 0 aliphatic carbocycles. The molecule has 1 aromatic heterocycles. The van der Waals surface area contributed by atoms with Gasteiger partial charge < -0.3 is 10.2 Å². The van der Waals surface area contributed by atoms with Crippen LogP contribution in [-0.4, -0.2) is 22.0 Å². The Balaban J connectivity index is 2.08. The number of hydrogen-bond acceptors (Lipinski definition) is 4. The fraction of sp³-hybridized carbons (Fsp3) is 0. The molecular formula is C20H14O4S. The van der Waals surface area contributed by atoms with Gasteiger partial charge in [-0.3, -0.25) is 4.79 Å². The molecule has 124 valence electrons. The van der Waals surface area contributed by atoms with Crippen molar-refractivity contribution in [3.8, 4) is 5.75 Å². The number of phenolic OH excluding ortho intramolecular Hbond substituents is 1. The molecule has 0 amide bonds. The minimum absolute atomic E-state index is 0.0791. The predicted molar refractivity (Wildman–Crippen MR) is 97.8 cm³/mol. The summed E-state index contributed by atoms with van der Waals surface area (Å²) >= 11 is 1.31. The first-order valence-electron chi connectivity index (χ1n) is 7.48. The third-order valence-electron chi connectivity index (χ3n) is 3.63. The lowest BCUT2D eigenvalue weighted by Crippen LogP contribution is -2.04. The highest BCUT2D eigenvalue weighted by Crippen LogP contribution is 2.29. The topological polar surface area (TPSA) is 74.6 Å². The summed E-state index contributed by atoms with van der Waals surface area (Å²) in [6.45, 7) is 0. The van der Waals surface area contributed by atoms with E-state index in [0.29, 0.717) is 16.0 Å². The molecule has 0 saturated carbocycles. The van der Waals surface area contributed by atoms with Crippen molar-refractivity contribution in [2.24, 2.45) is 0 Å². The molecule has 0 unspecified atom stereocenters. The number of aromatic hydroxyl groups is 1. The van der Waals surface area contributed by atoms with Gasteiger partial charge in [-0.05, 0) is 41.3 Å². The molecule has 4 nitrogen and oxygen atoms in total. The first-order chi connectivity index (χ1) is 12.1. The summed E-state index contributed by atoms with van der Waals surface area (Å²) in [7, 11) is 0. The fourth-order valence-electron chi connectivity index (χ4n) is 2.41. The second kappa shape index (κ2) is 7.15. The molecular weight excluding hydrogens is 336 g/mol. The Morgan fingerprint density at radius 2 is 1.72 bits per heavy atom. The van der Waals surface area contributed by atoms with Crippen LogP contribution in [0.1, 0.15) is 26.4 Å². The number of phenols is 1. The minimum atomic E-state index is -1.18. The van der Waals surface area contributed by atoms with E-state index >= 15 is 0 Å². The average Bonchev–Trinajstić information content (AvgIpc) is 3.15. The quantitative estimate of drug-likeness (QED) is 0.408. The third-order valence-corrected chi connectivity index (χ3v) is 4.50. The van der Waals surface area contributed by atoms with Crippen molar-refractivity contribution in [1.82, 2.24) is 0 Å². The number of rotatable bonds is 5. The number of carbonyl (C=O) groups is 2. The summed E-state index contributed by atoms with van der Waals surface area (Å²) in [6.07, 6.45) is 1.47. The first kappa shape index (κ1) is 16.7. The number of benzene rings is 2. The average molecular weight is 350 g/mol. The van der Waals surface area contributed by atoms with Crippen LogP contribution in [0.25, 0.3) is 11.6 Å². The van der Waals surface area contributed by atoms with E-state index in [-0.39, 0.29) is 22.7 Å². The van der Waals surface area contributed by atoms with Gasteiger partial charge in [0.25, 0.3) is 0 Å². The molecule has 0 radical (unpaired) electrons. The van der Waals surface area contributed by atoms with Crippen molar-refractivity contribution in [2.45, 2.75) is 0 Å². The van der Waals surface area contributed by atoms with Gasteiger partial charge in [-0.15, -0.1) is 11.3 Å². The normalized spacial score (nSPS) is 11.3. The van der Waals surface area contributed by atoms with E-state index in [2.05, 4.69) is 0 Å². The Kier molecular flexibility index (Phi) is 4.77. The van der Waals surface area contributed by atoms with Gasteiger partial charge in [-0.2, -0.15) is 0 Å². The lowest BCUT2D eigenvalue weighted by Gasteiger charge is -2.08. The van der Waals surface area contributed by atoms with Crippen LogP contribution in [-0.2, 0) is 4.79 Å². The van der Waals surface area contributed by atoms with Crippen LogP contribution < -0.4 is 0 Å². The molecule has 3 aromatic rings. The minimum Gasteiger partial charge on any atom is -0.507 e. The standard InChI is InChI=1S/C20H14O4S/c21-17-9-8-14(19(22)18-7-4-10-25-18)12-15(17)16(20(23)24)11-13-5-2-1-3-6-13/h1-12,21H,(H,23,24)/b16-11-. The van der Waals surface area contributed by atoms with Crippen LogP contribution >= 0.6 is 11.3 Å². The molecule has 0 spiro atoms. The lowest BCUT2D eigenvalue weighted by atomic mass is 9.98. The van der Waals surface area contributed by atoms with Crippen LogP contribution in [0.2, 0.25) is 0 Å². The fourth-order valence-corrected chi connectivity index (χ4v) is 3.10. The number of aliphatic carboxylic acids is 1. The molecule has 0 atom stereocenters. The number of carboxylic acids is 1. The first-order valence-corrected chi connectivity index (χ1v) is 8.36. The highest BCUT2D eigenvalue weighted by Gasteiger charge is 2.18. The zero-order valence-corrected chi connectivity index (χ0v) is 13.9. The Hall–Kier alpha value is -3.18. The van der Waals surface area contributed by atoms with Crippen molar-refractivity contribution in [2.75, 3.05) is 0 Å². The van der Waals surface area contributed by atoms with E-state index in [4.69, 9.17) is 0 Å². The maximum atomic E-state index is 12.5. The van der Waals surface area contributed by atoms with Crippen molar-refractivity contribution >= 4 is 34.7 Å². The SMILES string of the molecule is O=C(O)/C(=C\c1ccccc1)c1cc(C(=O)c2cccs2)ccc1O. The number of hydrogen-bond donors (Lipinski definition) is 2. The van der Waals surface area contributed by atoms with E-state index in [0.717, 1.165) is 0 Å². The van der Waals surface area contributed by atoms with Crippen LogP contribution in [0.15, 0.2) is 66.0 Å². The highest BCUT2D eigenvalue weighted by molar-refractivity contribution is 7.12. The Labute approximate surface area is 148 Å². The summed E-state index contributed by atoms with van der Waals surface area (Å²) in [6, 6.07) is 16.7. The van der Waals surface area contributed by atoms with Crippen molar-refractivity contribution < 1.29 is 19.8 Å². The summed E-state index contributed by atoms with van der Waals surface area (Å²) in [4.78, 5) is 24.7. The van der Waals surface area contributed by atoms with Gasteiger partial charge >= 0.3 is 5.97 Å². The maximum Gasteiger partial charge on any atom is 0.336 e. The smallest absolute Gasteiger partial charge is 0.336 e. The molecule has 0 aliphatic heterocycles. The van der Waals surface area contributed by atoms with E-state index in [1.54, 1.807) is 41.8 Å². The second-order valence-electron chi connectivity index (χ2n) is 5.31. The summed E-state index contributed by atoms with van der Waals surface area (Å²) < 4.78 is 0. The number of carbonyl (C=O) groups excluding carboxylic acids is 1. The van der Waals surface area contributed by atoms with E-state index in [1.807, 2.05) is 6.07 Å². The molecule has 3 rings (SSSR count). The lowest BCUT2D eigenvalue weighted by molar-refractivity contribution is -0.130. The van der Waals surface area contributed by atoms with E-state index in [1.165, 1.54) is 35.6 Å². The van der Waals surface area contributed by atoms with Crippen LogP contribution in [0, 0.1) is 0 Å². The molecule has 25 heavy (non-hydrogen) atoms. The molecule has 2 N–H and O–H groups in total. The van der Waals surface area contributed by atoms with Gasteiger partial charge in [0.2, 0.25) is 5.78 Å². The molecule has 5 heteroatoms. The largest absolute Gasteiger partial charge is 0.507 e. The summed E-state index contributed by atoms with van der Waals surface area (Å²) in [5.41, 5.74) is 1.05. The van der Waals surface area contributed by atoms with Crippen LogP contribution in [0.5, 0.6) is 5.75 Å². The molecule has 0 bridgehead atoms. The third kappa shape index (κ3) is 3.67. The van der Waals surface area contributed by atoms with Gasteiger partial charge in [-0.1, -0.05) is 36.4 Å². The summed E-state index contributed by atoms with van der Waals surface area (Å²) in [5.74, 6) is -1.58. The van der Waals surface area contributed by atoms with Crippen LogP contribution in [0.3, 0.4) is 0 Å². The highest BCUT2D eigenvalue weighted by atomic mass is 32.1. The molecule has 1 heterocycles. The second-order valence-corrected chi connectivity index (χ2v) is 6.26. The molecule has 2 aromatic carbocycles. The zero-order chi connectivity index (χ0) is 17.8. The van der Waals surface area contributed by atoms with Gasteiger partial charge in [-0.25, -0.2) is 4.79 Å². The van der Waals surface area contributed by atoms with E-state index in [9.17, 15) is 19.8 Å². The van der Waals surface area contributed by atoms with Gasteiger partial charge in [0.1, 0.15) is 5.75 Å². The van der Waals surface area contributed by atoms with Crippen molar-refractivity contribution in [1.29, 1.82) is 0 Å². The van der Waals surface area contributed by atoms with Crippen molar-refractivity contribution in [3.05, 3.63) is 87.6 Å². The Bertz CT molecular complexity index is 941. The molecule has 0 aliphatic rings. The maximum absolute atomic E-state index is 12.5. The Morgan fingerprint density at radius 1 is 0.960 bits per heavy atom. The number of carboxylic acid groups (broad SMARTS) is 1. The summed E-state index contributed by atoms with van der Waals surface area (Å²) in [5, 5.41) is 21.5. The zero-order valence-electron chi connectivity index (χ0n) is 13.0. The van der Waals surface area contributed by atoms with Crippen LogP contribution in [0.4, 0.5) is 0 Å². The van der Waals surface area contributed by atoms with Gasteiger partial charge in [0.15, 0.2) is 0 Å². The van der Waals surface area contributed by atoms with E-state index < -0.39 is 5.97 Å². The van der Waals surface area contributed by atoms with Gasteiger partial charge in [0.05, 0.1) is 10.5 Å². The number of thiophene rings is 1. The number of ketones is 1. The molecule has 0 saturated heterocycles. The Morgan fingerprint density at radius 3 is 2.36 bits per heavy atom. The van der Waals surface area contributed by atoms with Crippen molar-refractivity contribution in [3.63, 3.8) is 0 Å². The predicted octanol–water partition coefficient (Wildman–Crippen LogP) is 4.31. The molecule has 0 fully saturated rings. The monoisotopic (exact) mass is 350 g/mol. The van der Waals surface area contributed by atoms with Gasteiger partial charge in [0, 0.05) is 11.1 Å².